The summed E-state index contributed by atoms with van der Waals surface area (Å²) in [6.07, 6.45) is -3.01. The summed E-state index contributed by atoms with van der Waals surface area (Å²) in [4.78, 5) is 49.4. The van der Waals surface area contributed by atoms with Gasteiger partial charge in [-0.25, -0.2) is 19.4 Å². The van der Waals surface area contributed by atoms with E-state index >= 15 is 0 Å². The van der Waals surface area contributed by atoms with E-state index in [4.69, 9.17) is 14.2 Å². The Hall–Kier alpha value is -3.30. The third-order valence-electron chi connectivity index (χ3n) is 3.39. The van der Waals surface area contributed by atoms with Crippen molar-refractivity contribution in [1.29, 1.82) is 0 Å². The van der Waals surface area contributed by atoms with Crippen molar-refractivity contribution in [2.24, 2.45) is 0 Å². The molecule has 10 nitrogen and oxygen atoms in total. The monoisotopic (exact) mass is 437 g/mol. The van der Waals surface area contributed by atoms with Gasteiger partial charge in [-0.3, -0.25) is 4.79 Å². The number of hydrazine groups is 1. The predicted octanol–water partition coefficient (Wildman–Crippen LogP) is 3.46. The quantitative estimate of drug-likeness (QED) is 0.567. The van der Waals surface area contributed by atoms with Crippen LogP contribution in [0.1, 0.15) is 47.1 Å². The van der Waals surface area contributed by atoms with Gasteiger partial charge in [-0.15, -0.1) is 5.01 Å². The molecule has 1 N–H and O–H groups in total. The zero-order valence-electron chi connectivity index (χ0n) is 19.1. The van der Waals surface area contributed by atoms with E-state index in [-0.39, 0.29) is 6.61 Å². The van der Waals surface area contributed by atoms with Crippen molar-refractivity contribution in [2.45, 2.75) is 59.4 Å². The van der Waals surface area contributed by atoms with E-state index in [1.165, 1.54) is 7.05 Å². The van der Waals surface area contributed by atoms with Gasteiger partial charge < -0.3 is 19.5 Å². The average Bonchev–Trinajstić information content (AvgIpc) is 2.62. The van der Waals surface area contributed by atoms with Gasteiger partial charge in [-0.2, -0.15) is 0 Å². The van der Waals surface area contributed by atoms with Gasteiger partial charge in [0.05, 0.1) is 0 Å². The topological polar surface area (TPSA) is 114 Å². The maximum Gasteiger partial charge on any atom is 0.439 e. The minimum absolute atomic E-state index is 0.0264. The second-order valence-corrected chi connectivity index (χ2v) is 8.61. The van der Waals surface area contributed by atoms with E-state index in [0.717, 1.165) is 10.6 Å². The second kappa shape index (κ2) is 10.6. The highest BCUT2D eigenvalue weighted by atomic mass is 16.6. The van der Waals surface area contributed by atoms with E-state index in [2.05, 4.69) is 5.32 Å². The lowest BCUT2D eigenvalue weighted by Crippen LogP contribution is -2.55. The summed E-state index contributed by atoms with van der Waals surface area (Å²) in [7, 11) is 1.19. The fourth-order valence-corrected chi connectivity index (χ4v) is 2.08. The summed E-state index contributed by atoms with van der Waals surface area (Å²) < 4.78 is 15.4. The van der Waals surface area contributed by atoms with Crippen molar-refractivity contribution < 1.29 is 33.4 Å². The van der Waals surface area contributed by atoms with E-state index in [0.29, 0.717) is 5.01 Å². The molecule has 0 saturated carbocycles. The zero-order chi connectivity index (χ0) is 23.8. The largest absolute Gasteiger partial charge is 0.445 e. The first-order chi connectivity index (χ1) is 14.2. The maximum absolute atomic E-state index is 12.5. The Balaban J connectivity index is 2.76. The Morgan fingerprint density at radius 3 is 1.81 bits per heavy atom. The number of hydrogen-bond acceptors (Lipinski definition) is 7. The number of likely N-dealkylation sites (N-methyl/N-ethyl adjacent to an activating group) is 1. The molecule has 0 heterocycles. The number of nitrogens with one attached hydrogen (secondary N) is 1. The van der Waals surface area contributed by atoms with Crippen LogP contribution in [0.3, 0.4) is 0 Å². The molecule has 0 aromatic heterocycles. The fourth-order valence-electron chi connectivity index (χ4n) is 2.08. The van der Waals surface area contributed by atoms with Crippen LogP contribution in [0.15, 0.2) is 30.3 Å². The molecule has 4 amide bonds. The van der Waals surface area contributed by atoms with Gasteiger partial charge >= 0.3 is 18.3 Å². The molecule has 1 aromatic rings. The number of imide groups is 1. The molecule has 0 unspecified atom stereocenters. The van der Waals surface area contributed by atoms with Crippen LogP contribution < -0.4 is 5.32 Å². The van der Waals surface area contributed by atoms with Gasteiger partial charge in [0.15, 0.2) is 0 Å². The second-order valence-electron chi connectivity index (χ2n) is 8.61. The van der Waals surface area contributed by atoms with Crippen molar-refractivity contribution in [3.05, 3.63) is 35.9 Å². The summed E-state index contributed by atoms with van der Waals surface area (Å²) in [5.41, 5.74) is -1.05. The molecule has 0 bridgehead atoms. The summed E-state index contributed by atoms with van der Waals surface area (Å²) in [5, 5.41) is 3.44. The Labute approximate surface area is 182 Å². The normalized spacial score (nSPS) is 11.2. The maximum atomic E-state index is 12.5. The molecule has 1 aromatic carbocycles. The van der Waals surface area contributed by atoms with Crippen molar-refractivity contribution in [1.82, 2.24) is 15.3 Å². The molecule has 172 valence electrons. The number of carbonyl (C=O) groups excluding carboxylic acids is 4. The van der Waals surface area contributed by atoms with Crippen molar-refractivity contribution in [2.75, 3.05) is 13.6 Å². The van der Waals surface area contributed by atoms with Crippen molar-refractivity contribution in [3.63, 3.8) is 0 Å². The lowest BCUT2D eigenvalue weighted by molar-refractivity contribution is -0.142. The van der Waals surface area contributed by atoms with Gasteiger partial charge in [0, 0.05) is 7.05 Å². The van der Waals surface area contributed by atoms with Crippen molar-refractivity contribution in [3.8, 4) is 0 Å². The SMILES string of the molecule is CN(C(=O)CNC(=O)OCc1ccccc1)N(C(=O)OC(C)(C)C)C(=O)OC(C)(C)C. The average molecular weight is 437 g/mol. The summed E-state index contributed by atoms with van der Waals surface area (Å²) in [6.45, 7) is 9.20. The Bertz CT molecular complexity index is 754. The standard InChI is InChI=1S/C21H31N3O7/c1-20(2,3)30-18(27)24(19(28)31-21(4,5)6)23(7)16(25)13-22-17(26)29-14-15-11-9-8-10-12-15/h8-12H,13-14H2,1-7H3,(H,22,26). The first kappa shape index (κ1) is 25.7. The number of amides is 4. The highest BCUT2D eigenvalue weighted by molar-refractivity contribution is 5.92. The third kappa shape index (κ3) is 9.83. The van der Waals surface area contributed by atoms with Crippen LogP contribution in [0.25, 0.3) is 0 Å². The molecular weight excluding hydrogens is 406 g/mol. The highest BCUT2D eigenvalue weighted by Gasteiger charge is 2.36. The lowest BCUT2D eigenvalue weighted by Gasteiger charge is -2.33. The minimum Gasteiger partial charge on any atom is -0.445 e. The van der Waals surface area contributed by atoms with Crippen LogP contribution in [0.5, 0.6) is 0 Å². The number of rotatable bonds is 4. The molecule has 1 rings (SSSR count). The lowest BCUT2D eigenvalue weighted by atomic mass is 10.2. The molecule has 0 atom stereocenters. The molecule has 0 spiro atoms. The molecule has 10 heteroatoms. The number of benzene rings is 1. The zero-order valence-corrected chi connectivity index (χ0v) is 19.1. The first-order valence-electron chi connectivity index (χ1n) is 9.67. The van der Waals surface area contributed by atoms with Gasteiger partial charge in [0.1, 0.15) is 24.4 Å². The number of carbonyl (C=O) groups is 4. The summed E-state index contributed by atoms with van der Waals surface area (Å²) >= 11 is 0. The van der Waals surface area contributed by atoms with Gasteiger partial charge in [0.2, 0.25) is 0 Å². The van der Waals surface area contributed by atoms with Crippen LogP contribution in [0, 0.1) is 0 Å². The van der Waals surface area contributed by atoms with Crippen LogP contribution >= 0.6 is 0 Å². The van der Waals surface area contributed by atoms with Crippen molar-refractivity contribution >= 4 is 24.2 Å². The van der Waals surface area contributed by atoms with Crippen LogP contribution in [0.2, 0.25) is 0 Å². The van der Waals surface area contributed by atoms with Crippen LogP contribution in [0.4, 0.5) is 14.4 Å². The first-order valence-corrected chi connectivity index (χ1v) is 9.67. The molecule has 0 aliphatic rings. The number of alkyl carbamates (subject to hydrolysis) is 1. The molecule has 0 saturated heterocycles. The van der Waals surface area contributed by atoms with E-state index < -0.39 is 41.9 Å². The minimum atomic E-state index is -1.09. The van der Waals surface area contributed by atoms with E-state index in [9.17, 15) is 19.2 Å². The predicted molar refractivity (Wildman–Crippen MR) is 112 cm³/mol. The number of nitrogens with zero attached hydrogens (tertiary/aromatic N) is 2. The number of ether oxygens (including phenoxy) is 3. The Kier molecular flexibility index (Phi) is 8.84. The Morgan fingerprint density at radius 1 is 0.871 bits per heavy atom. The molecule has 31 heavy (non-hydrogen) atoms. The summed E-state index contributed by atoms with van der Waals surface area (Å²) in [6, 6.07) is 9.00. The smallest absolute Gasteiger partial charge is 0.439 e. The van der Waals surface area contributed by atoms with E-state index in [1.54, 1.807) is 65.8 Å². The molecule has 0 fully saturated rings. The van der Waals surface area contributed by atoms with E-state index in [1.807, 2.05) is 6.07 Å². The Morgan fingerprint density at radius 2 is 1.35 bits per heavy atom. The highest BCUT2D eigenvalue weighted by Crippen LogP contribution is 2.16. The van der Waals surface area contributed by atoms with Gasteiger partial charge in [-0.05, 0) is 47.1 Å². The van der Waals surface area contributed by atoms with Gasteiger partial charge in [0.25, 0.3) is 5.91 Å². The summed E-state index contributed by atoms with van der Waals surface area (Å²) in [5.74, 6) is -0.770. The van der Waals surface area contributed by atoms with Crippen LogP contribution in [-0.4, -0.2) is 59.0 Å². The van der Waals surface area contributed by atoms with Crippen LogP contribution in [-0.2, 0) is 25.6 Å². The molecule has 0 aliphatic heterocycles. The number of hydrogen-bond donors (Lipinski definition) is 1. The molecular formula is C21H31N3O7. The fraction of sp³-hybridized carbons (Fsp3) is 0.524. The molecule has 0 aliphatic carbocycles. The van der Waals surface area contributed by atoms with Gasteiger partial charge in [-0.1, -0.05) is 30.3 Å². The molecule has 0 radical (unpaired) electrons. The third-order valence-corrected chi connectivity index (χ3v) is 3.39.